The van der Waals surface area contributed by atoms with Crippen LogP contribution in [0, 0.1) is 10.1 Å². The number of rotatable bonds is 3. The molecule has 0 aliphatic heterocycles. The lowest BCUT2D eigenvalue weighted by molar-refractivity contribution is -0.386. The van der Waals surface area contributed by atoms with E-state index in [1.165, 1.54) is 25.1 Å². The molecule has 94 valence electrons. The van der Waals surface area contributed by atoms with E-state index in [2.05, 4.69) is 15.9 Å². The van der Waals surface area contributed by atoms with Gasteiger partial charge in [0, 0.05) is 0 Å². The van der Waals surface area contributed by atoms with Crippen molar-refractivity contribution in [2.45, 2.75) is 12.5 Å². The average Bonchev–Trinajstić information content (AvgIpc) is 2.16. The van der Waals surface area contributed by atoms with E-state index >= 15 is 0 Å². The number of para-hydroxylation sites is 1. The molecule has 1 unspecified atom stereocenters. The summed E-state index contributed by atoms with van der Waals surface area (Å²) in [7, 11) is 0. The summed E-state index contributed by atoms with van der Waals surface area (Å²) < 4.78 is 0.202. The summed E-state index contributed by atoms with van der Waals surface area (Å²) in [6.07, 6.45) is 0. The van der Waals surface area contributed by atoms with Gasteiger partial charge in [-0.25, -0.2) is 4.79 Å². The van der Waals surface area contributed by atoms with E-state index in [1.54, 1.807) is 0 Å². The average molecular weight is 326 g/mol. The van der Waals surface area contributed by atoms with Crippen molar-refractivity contribution in [3.8, 4) is 0 Å². The van der Waals surface area contributed by atoms with Gasteiger partial charge in [0.15, 0.2) is 0 Å². The van der Waals surface area contributed by atoms with E-state index in [-0.39, 0.29) is 28.1 Å². The summed E-state index contributed by atoms with van der Waals surface area (Å²) in [6, 6.07) is 4.29. The van der Waals surface area contributed by atoms with Gasteiger partial charge in [-0.05, 0) is 35.0 Å². The number of aliphatic carboxylic acids is 1. The molecule has 0 heterocycles. The fourth-order valence-corrected chi connectivity index (χ4v) is 1.75. The molecule has 17 heavy (non-hydrogen) atoms. The quantitative estimate of drug-likeness (QED) is 0.653. The lowest BCUT2D eigenvalue weighted by Crippen LogP contribution is -2.42. The van der Waals surface area contributed by atoms with Gasteiger partial charge >= 0.3 is 5.97 Å². The third kappa shape index (κ3) is 2.93. The van der Waals surface area contributed by atoms with Gasteiger partial charge in [0.05, 0.1) is 15.0 Å². The maximum absolute atomic E-state index is 10.9. The van der Waals surface area contributed by atoms with Crippen molar-refractivity contribution in [2.75, 3.05) is 0 Å². The molecule has 0 radical (unpaired) electrons. The Morgan fingerprint density at radius 1 is 1.59 bits per heavy atom. The van der Waals surface area contributed by atoms with Crippen LogP contribution >= 0.6 is 28.3 Å². The summed E-state index contributed by atoms with van der Waals surface area (Å²) in [4.78, 5) is 21.1. The van der Waals surface area contributed by atoms with Crippen molar-refractivity contribution in [3.05, 3.63) is 38.3 Å². The fraction of sp³-hybridized carbons (Fsp3) is 0.222. The Balaban J connectivity index is 0.00000256. The number of nitro benzene ring substituents is 1. The molecule has 1 aromatic carbocycles. The zero-order valence-electron chi connectivity index (χ0n) is 8.71. The molecule has 1 aromatic rings. The van der Waals surface area contributed by atoms with Gasteiger partial charge in [-0.1, -0.05) is 6.07 Å². The normalized spacial score (nSPS) is 13.4. The molecule has 0 aromatic heterocycles. The Bertz CT molecular complexity index is 464. The molecule has 0 spiro atoms. The number of benzene rings is 1. The van der Waals surface area contributed by atoms with Gasteiger partial charge in [-0.15, -0.1) is 12.4 Å². The Labute approximate surface area is 111 Å². The highest BCUT2D eigenvalue weighted by Crippen LogP contribution is 2.34. The molecule has 0 aliphatic rings. The van der Waals surface area contributed by atoms with E-state index in [4.69, 9.17) is 10.8 Å². The highest BCUT2D eigenvalue weighted by Gasteiger charge is 2.37. The lowest BCUT2D eigenvalue weighted by Gasteiger charge is -2.19. The highest BCUT2D eigenvalue weighted by atomic mass is 79.9. The summed E-state index contributed by atoms with van der Waals surface area (Å²) in [5.41, 5.74) is 3.40. The number of nitro groups is 1. The first kappa shape index (κ1) is 15.8. The monoisotopic (exact) mass is 324 g/mol. The highest BCUT2D eigenvalue weighted by molar-refractivity contribution is 9.10. The van der Waals surface area contributed by atoms with Gasteiger partial charge in [0.1, 0.15) is 5.54 Å². The Morgan fingerprint density at radius 2 is 2.12 bits per heavy atom. The first-order valence-electron chi connectivity index (χ1n) is 4.24. The third-order valence-electron chi connectivity index (χ3n) is 2.17. The van der Waals surface area contributed by atoms with Gasteiger partial charge in [0.2, 0.25) is 0 Å². The van der Waals surface area contributed by atoms with E-state index in [9.17, 15) is 14.9 Å². The molecule has 1 atom stereocenters. The minimum atomic E-state index is -1.80. The predicted molar refractivity (Wildman–Crippen MR) is 67.2 cm³/mol. The van der Waals surface area contributed by atoms with E-state index in [1.807, 2.05) is 0 Å². The number of halogens is 2. The van der Waals surface area contributed by atoms with Gasteiger partial charge in [0.25, 0.3) is 5.69 Å². The maximum Gasteiger partial charge on any atom is 0.328 e. The number of carboxylic acids is 1. The van der Waals surface area contributed by atoms with Crippen LogP contribution in [0.1, 0.15) is 12.5 Å². The Kier molecular flexibility index (Phi) is 5.06. The van der Waals surface area contributed by atoms with Gasteiger partial charge in [-0.3, -0.25) is 10.1 Å². The molecular formula is C9H10BrClN2O4. The summed E-state index contributed by atoms with van der Waals surface area (Å²) in [5, 5.41) is 19.8. The topological polar surface area (TPSA) is 106 Å². The SMILES string of the molecule is CC(N)(C(=O)O)c1cccc(Br)c1[N+](=O)[O-].Cl. The fourth-order valence-electron chi connectivity index (χ4n) is 1.24. The summed E-state index contributed by atoms with van der Waals surface area (Å²) in [6.45, 7) is 1.21. The van der Waals surface area contributed by atoms with Crippen LogP contribution < -0.4 is 5.73 Å². The van der Waals surface area contributed by atoms with Crippen molar-refractivity contribution < 1.29 is 14.8 Å². The van der Waals surface area contributed by atoms with Crippen molar-refractivity contribution in [3.63, 3.8) is 0 Å². The molecule has 0 amide bonds. The summed E-state index contributed by atoms with van der Waals surface area (Å²) in [5.74, 6) is -1.33. The molecule has 0 bridgehead atoms. The van der Waals surface area contributed by atoms with Crippen LogP contribution in [0.25, 0.3) is 0 Å². The summed E-state index contributed by atoms with van der Waals surface area (Å²) >= 11 is 3.00. The molecule has 3 N–H and O–H groups in total. The van der Waals surface area contributed by atoms with Crippen LogP contribution in [-0.2, 0) is 10.3 Å². The van der Waals surface area contributed by atoms with Crippen molar-refractivity contribution in [1.29, 1.82) is 0 Å². The van der Waals surface area contributed by atoms with Crippen molar-refractivity contribution in [1.82, 2.24) is 0 Å². The predicted octanol–water partition coefficient (Wildman–Crippen LogP) is 2.04. The van der Waals surface area contributed by atoms with Crippen LogP contribution in [0.4, 0.5) is 5.69 Å². The van der Waals surface area contributed by atoms with Crippen LogP contribution in [0.15, 0.2) is 22.7 Å². The van der Waals surface area contributed by atoms with Gasteiger partial charge < -0.3 is 10.8 Å². The van der Waals surface area contributed by atoms with Crippen LogP contribution in [0.3, 0.4) is 0 Å². The first-order valence-corrected chi connectivity index (χ1v) is 5.03. The number of carboxylic acid groups (broad SMARTS) is 1. The van der Waals surface area contributed by atoms with E-state index in [0.29, 0.717) is 0 Å². The molecule has 6 nitrogen and oxygen atoms in total. The zero-order valence-corrected chi connectivity index (χ0v) is 11.1. The van der Waals surface area contributed by atoms with Crippen LogP contribution in [-0.4, -0.2) is 16.0 Å². The number of nitrogens with zero attached hydrogens (tertiary/aromatic N) is 1. The smallest absolute Gasteiger partial charge is 0.328 e. The maximum atomic E-state index is 10.9. The first-order chi connectivity index (χ1) is 7.28. The number of carbonyl (C=O) groups is 1. The Morgan fingerprint density at radius 3 is 2.53 bits per heavy atom. The minimum Gasteiger partial charge on any atom is -0.480 e. The van der Waals surface area contributed by atoms with E-state index in [0.717, 1.165) is 0 Å². The van der Waals surface area contributed by atoms with Crippen molar-refractivity contribution in [2.24, 2.45) is 5.73 Å². The van der Waals surface area contributed by atoms with Crippen LogP contribution in [0.2, 0.25) is 0 Å². The standard InChI is InChI=1S/C9H9BrN2O4.ClH/c1-9(11,8(13)14)5-3-2-4-6(10)7(5)12(15)16;/h2-4H,11H2,1H3,(H,13,14);1H. The molecule has 8 heteroatoms. The second-order valence-electron chi connectivity index (χ2n) is 3.40. The molecule has 0 fully saturated rings. The second kappa shape index (κ2) is 5.44. The van der Waals surface area contributed by atoms with Crippen LogP contribution in [0.5, 0.6) is 0 Å². The van der Waals surface area contributed by atoms with E-state index < -0.39 is 16.4 Å². The third-order valence-corrected chi connectivity index (χ3v) is 2.81. The number of hydrogen-bond acceptors (Lipinski definition) is 4. The van der Waals surface area contributed by atoms with Gasteiger partial charge in [-0.2, -0.15) is 0 Å². The molecule has 0 saturated carbocycles. The molecule has 0 aliphatic carbocycles. The number of nitrogens with two attached hydrogens (primary N) is 1. The molecule has 1 rings (SSSR count). The van der Waals surface area contributed by atoms with Crippen molar-refractivity contribution >= 4 is 40.0 Å². The second-order valence-corrected chi connectivity index (χ2v) is 4.25. The number of hydrogen-bond donors (Lipinski definition) is 2. The molecular weight excluding hydrogens is 315 g/mol. The zero-order chi connectivity index (χ0) is 12.5. The molecule has 0 saturated heterocycles. The Hall–Kier alpha value is -1.18. The lowest BCUT2D eigenvalue weighted by atomic mass is 9.92. The minimum absolute atomic E-state index is 0. The largest absolute Gasteiger partial charge is 0.480 e.